The molecule has 1 aliphatic rings. The second-order valence-corrected chi connectivity index (χ2v) is 7.90. The van der Waals surface area contributed by atoms with Crippen molar-refractivity contribution in [3.63, 3.8) is 0 Å². The molecule has 0 bridgehead atoms. The smallest absolute Gasteiger partial charge is 0.191 e. The number of nitrogens with one attached hydrogen (secondary N) is 2. The molecule has 2 rings (SSSR count). The summed E-state index contributed by atoms with van der Waals surface area (Å²) < 4.78 is 27.7. The van der Waals surface area contributed by atoms with Crippen LogP contribution in [0, 0.1) is 11.6 Å². The molecule has 2 atom stereocenters. The normalized spacial score (nSPS) is 21.2. The highest BCUT2D eigenvalue weighted by molar-refractivity contribution is 7.99. The molecule has 6 heteroatoms. The zero-order chi connectivity index (χ0) is 17.0. The van der Waals surface area contributed by atoms with E-state index >= 15 is 0 Å². The highest BCUT2D eigenvalue weighted by Crippen LogP contribution is 2.43. The van der Waals surface area contributed by atoms with Gasteiger partial charge in [0.25, 0.3) is 0 Å². The third-order valence-corrected chi connectivity index (χ3v) is 5.23. The lowest BCUT2D eigenvalue weighted by molar-refractivity contribution is 0.553. The summed E-state index contributed by atoms with van der Waals surface area (Å²) in [6.07, 6.45) is 2.78. The maximum Gasteiger partial charge on any atom is 0.191 e. The summed E-state index contributed by atoms with van der Waals surface area (Å²) in [5, 5.41) is 6.48. The Labute approximate surface area is 141 Å². The number of hydrogen-bond acceptors (Lipinski definition) is 2. The number of nitrogens with zero attached hydrogens (tertiary/aromatic N) is 1. The Hall–Kier alpha value is -1.30. The first-order valence-corrected chi connectivity index (χ1v) is 9.14. The predicted molar refractivity (Wildman–Crippen MR) is 94.2 cm³/mol. The van der Waals surface area contributed by atoms with Crippen LogP contribution in [0.1, 0.15) is 38.7 Å². The van der Waals surface area contributed by atoms with Gasteiger partial charge in [-0.15, -0.1) is 0 Å². The minimum absolute atomic E-state index is 0.0246. The van der Waals surface area contributed by atoms with E-state index in [0.29, 0.717) is 18.9 Å². The SMILES string of the molecule is CCNC(=NCC(C)(C)SC)NC1CC1c1c(F)cccc1F. The maximum atomic E-state index is 13.8. The van der Waals surface area contributed by atoms with Crippen molar-refractivity contribution in [1.29, 1.82) is 0 Å². The average molecular weight is 341 g/mol. The zero-order valence-corrected chi connectivity index (χ0v) is 14.9. The molecule has 3 nitrogen and oxygen atoms in total. The quantitative estimate of drug-likeness (QED) is 0.614. The number of thioether (sulfide) groups is 1. The molecule has 1 fully saturated rings. The van der Waals surface area contributed by atoms with Gasteiger partial charge < -0.3 is 10.6 Å². The van der Waals surface area contributed by atoms with Crippen molar-refractivity contribution in [2.75, 3.05) is 19.3 Å². The molecule has 2 unspecified atom stereocenters. The fraction of sp³-hybridized carbons (Fsp3) is 0.588. The molecule has 0 heterocycles. The third kappa shape index (κ3) is 4.83. The first-order valence-electron chi connectivity index (χ1n) is 7.92. The van der Waals surface area contributed by atoms with Gasteiger partial charge in [-0.2, -0.15) is 11.8 Å². The summed E-state index contributed by atoms with van der Waals surface area (Å²) in [4.78, 5) is 4.60. The molecule has 1 saturated carbocycles. The van der Waals surface area contributed by atoms with Crippen molar-refractivity contribution in [2.24, 2.45) is 4.99 Å². The molecule has 0 amide bonds. The predicted octanol–water partition coefficient (Wildman–Crippen LogP) is 3.52. The Morgan fingerprint density at radius 2 is 2.00 bits per heavy atom. The first kappa shape index (κ1) is 18.0. The standard InChI is InChI=1S/C17H25F2N3S/c1-5-20-16(21-10-17(2,3)23-4)22-14-9-11(14)15-12(18)7-6-8-13(15)19/h6-8,11,14H,5,9-10H2,1-4H3,(H2,20,21,22). The van der Waals surface area contributed by atoms with Gasteiger partial charge in [0.15, 0.2) is 5.96 Å². The number of guanidine groups is 1. The minimum Gasteiger partial charge on any atom is -0.357 e. The van der Waals surface area contributed by atoms with Gasteiger partial charge in [0.2, 0.25) is 0 Å². The highest BCUT2D eigenvalue weighted by Gasteiger charge is 2.42. The molecule has 2 N–H and O–H groups in total. The van der Waals surface area contributed by atoms with Crippen LogP contribution < -0.4 is 10.6 Å². The Morgan fingerprint density at radius 1 is 1.35 bits per heavy atom. The molecular formula is C17H25F2N3S. The fourth-order valence-corrected chi connectivity index (χ4v) is 2.56. The van der Waals surface area contributed by atoms with E-state index in [-0.39, 0.29) is 22.3 Å². The molecule has 0 aromatic heterocycles. The van der Waals surface area contributed by atoms with Crippen LogP contribution in [0.5, 0.6) is 0 Å². The summed E-state index contributed by atoms with van der Waals surface area (Å²) in [5.41, 5.74) is 0.185. The first-order chi connectivity index (χ1) is 10.9. The fourth-order valence-electron chi connectivity index (χ4n) is 2.37. The van der Waals surface area contributed by atoms with Crippen molar-refractivity contribution >= 4 is 17.7 Å². The van der Waals surface area contributed by atoms with Crippen molar-refractivity contribution in [2.45, 2.75) is 43.9 Å². The Morgan fingerprint density at radius 3 is 2.57 bits per heavy atom. The van der Waals surface area contributed by atoms with Crippen LogP contribution >= 0.6 is 11.8 Å². The molecule has 23 heavy (non-hydrogen) atoms. The van der Waals surface area contributed by atoms with Gasteiger partial charge in [-0.1, -0.05) is 6.07 Å². The van der Waals surface area contributed by atoms with Gasteiger partial charge in [0.05, 0.1) is 6.54 Å². The van der Waals surface area contributed by atoms with Gasteiger partial charge in [0, 0.05) is 28.8 Å². The average Bonchev–Trinajstić information content (AvgIpc) is 3.24. The molecule has 0 saturated heterocycles. The van der Waals surface area contributed by atoms with Crippen molar-refractivity contribution in [3.05, 3.63) is 35.4 Å². The van der Waals surface area contributed by atoms with Crippen molar-refractivity contribution in [3.8, 4) is 0 Å². The van der Waals surface area contributed by atoms with Crippen LogP contribution in [-0.4, -0.2) is 36.1 Å². The van der Waals surface area contributed by atoms with E-state index < -0.39 is 11.6 Å². The van der Waals surface area contributed by atoms with Gasteiger partial charge in [0.1, 0.15) is 11.6 Å². The lowest BCUT2D eigenvalue weighted by Gasteiger charge is -2.20. The molecule has 0 aliphatic heterocycles. The van der Waals surface area contributed by atoms with Gasteiger partial charge in [-0.25, -0.2) is 8.78 Å². The Balaban J connectivity index is 2.01. The Bertz CT molecular complexity index is 555. The van der Waals surface area contributed by atoms with Gasteiger partial charge >= 0.3 is 0 Å². The topological polar surface area (TPSA) is 36.4 Å². The molecule has 1 aromatic rings. The summed E-state index contributed by atoms with van der Waals surface area (Å²) in [7, 11) is 0. The van der Waals surface area contributed by atoms with Crippen LogP contribution in [0.4, 0.5) is 8.78 Å². The molecule has 0 radical (unpaired) electrons. The van der Waals surface area contributed by atoms with E-state index in [4.69, 9.17) is 0 Å². The number of hydrogen-bond donors (Lipinski definition) is 2. The lowest BCUT2D eigenvalue weighted by Crippen LogP contribution is -2.40. The van der Waals surface area contributed by atoms with Crippen LogP contribution in [0.15, 0.2) is 23.2 Å². The van der Waals surface area contributed by atoms with Crippen molar-refractivity contribution in [1.82, 2.24) is 10.6 Å². The zero-order valence-electron chi connectivity index (χ0n) is 14.1. The number of benzene rings is 1. The second kappa shape index (κ2) is 7.51. The van der Waals surface area contributed by atoms with E-state index in [1.54, 1.807) is 11.8 Å². The van der Waals surface area contributed by atoms with E-state index in [1.165, 1.54) is 18.2 Å². The minimum atomic E-state index is -0.468. The molecular weight excluding hydrogens is 316 g/mol. The summed E-state index contributed by atoms with van der Waals surface area (Å²) in [6, 6.07) is 4.05. The number of rotatable bonds is 6. The van der Waals surface area contributed by atoms with Crippen LogP contribution in [0.2, 0.25) is 0 Å². The summed E-state index contributed by atoms with van der Waals surface area (Å²) in [5.74, 6) is -0.359. The van der Waals surface area contributed by atoms with E-state index in [2.05, 4.69) is 35.7 Å². The Kier molecular flexibility index (Phi) is 5.89. The largest absolute Gasteiger partial charge is 0.357 e. The van der Waals surface area contributed by atoms with E-state index in [1.807, 2.05) is 6.92 Å². The van der Waals surface area contributed by atoms with Crippen LogP contribution in [0.3, 0.4) is 0 Å². The highest BCUT2D eigenvalue weighted by atomic mass is 32.2. The van der Waals surface area contributed by atoms with E-state index in [9.17, 15) is 8.78 Å². The monoisotopic (exact) mass is 341 g/mol. The van der Waals surface area contributed by atoms with Crippen LogP contribution in [-0.2, 0) is 0 Å². The molecule has 1 aliphatic carbocycles. The molecule has 1 aromatic carbocycles. The van der Waals surface area contributed by atoms with E-state index in [0.717, 1.165) is 6.54 Å². The number of halogens is 2. The summed E-state index contributed by atoms with van der Waals surface area (Å²) in [6.45, 7) is 7.70. The van der Waals surface area contributed by atoms with Gasteiger partial charge in [-0.3, -0.25) is 4.99 Å². The number of aliphatic imine (C=N–C) groups is 1. The molecule has 0 spiro atoms. The van der Waals surface area contributed by atoms with Crippen molar-refractivity contribution < 1.29 is 8.78 Å². The summed E-state index contributed by atoms with van der Waals surface area (Å²) >= 11 is 1.76. The van der Waals surface area contributed by atoms with Gasteiger partial charge in [-0.05, 0) is 45.6 Å². The van der Waals surface area contributed by atoms with Crippen LogP contribution in [0.25, 0.3) is 0 Å². The second-order valence-electron chi connectivity index (χ2n) is 6.39. The lowest BCUT2D eigenvalue weighted by atomic mass is 10.1. The third-order valence-electron chi connectivity index (χ3n) is 4.00. The maximum absolute atomic E-state index is 13.8. The molecule has 128 valence electrons.